The Hall–Kier alpha value is -3.61. The largest absolute Gasteiger partial charge is 0.494 e. The van der Waals surface area contributed by atoms with Crippen LogP contribution >= 0.6 is 0 Å². The van der Waals surface area contributed by atoms with Gasteiger partial charge in [-0.25, -0.2) is 4.68 Å². The fraction of sp³-hybridized carbons (Fsp3) is 0.150. The van der Waals surface area contributed by atoms with Gasteiger partial charge >= 0.3 is 0 Å². The van der Waals surface area contributed by atoms with Crippen LogP contribution in [0.5, 0.6) is 5.75 Å². The van der Waals surface area contributed by atoms with Gasteiger partial charge in [-0.05, 0) is 30.7 Å². The van der Waals surface area contributed by atoms with E-state index in [1.807, 2.05) is 54.6 Å². The molecule has 2 N–H and O–H groups in total. The average molecular weight is 361 g/mol. The van der Waals surface area contributed by atoms with Crippen LogP contribution in [-0.2, 0) is 0 Å². The van der Waals surface area contributed by atoms with Crippen molar-refractivity contribution in [1.82, 2.24) is 19.7 Å². The molecule has 7 heteroatoms. The lowest BCUT2D eigenvalue weighted by atomic mass is 10.3. The summed E-state index contributed by atoms with van der Waals surface area (Å²) in [7, 11) is 0. The van der Waals surface area contributed by atoms with Crippen molar-refractivity contribution in [3.8, 4) is 11.4 Å². The van der Waals surface area contributed by atoms with Crippen LogP contribution in [0.3, 0.4) is 0 Å². The van der Waals surface area contributed by atoms with E-state index in [-0.39, 0.29) is 5.56 Å². The van der Waals surface area contributed by atoms with E-state index < -0.39 is 0 Å². The standard InChI is InChI=1S/C20H19N5O2/c1-2-11-27-16-10-6-7-14(12-16)22-20-23-18-17(19(26)24-20)13-21-25(18)15-8-4-3-5-9-15/h3-10,12-13H,2,11H2,1H3,(H2,22,23,24,26). The lowest BCUT2D eigenvalue weighted by molar-refractivity contribution is 0.317. The smallest absolute Gasteiger partial charge is 0.263 e. The van der Waals surface area contributed by atoms with Gasteiger partial charge in [0.2, 0.25) is 5.95 Å². The van der Waals surface area contributed by atoms with Gasteiger partial charge < -0.3 is 10.1 Å². The number of rotatable bonds is 6. The number of benzene rings is 2. The monoisotopic (exact) mass is 361 g/mol. The molecule has 0 spiro atoms. The van der Waals surface area contributed by atoms with E-state index in [1.165, 1.54) is 6.20 Å². The van der Waals surface area contributed by atoms with Crippen LogP contribution < -0.4 is 15.6 Å². The number of fused-ring (bicyclic) bond motifs is 1. The summed E-state index contributed by atoms with van der Waals surface area (Å²) in [6, 6.07) is 17.1. The van der Waals surface area contributed by atoms with Crippen LogP contribution in [0.1, 0.15) is 13.3 Å². The summed E-state index contributed by atoms with van der Waals surface area (Å²) in [5.74, 6) is 1.11. The number of hydrogen-bond acceptors (Lipinski definition) is 5. The van der Waals surface area contributed by atoms with E-state index in [2.05, 4.69) is 27.3 Å². The first kappa shape index (κ1) is 16.8. The highest BCUT2D eigenvalue weighted by atomic mass is 16.5. The molecule has 136 valence electrons. The first-order chi connectivity index (χ1) is 13.2. The maximum absolute atomic E-state index is 12.4. The molecule has 0 saturated carbocycles. The Morgan fingerprint density at radius 3 is 2.81 bits per heavy atom. The van der Waals surface area contributed by atoms with Gasteiger partial charge in [0, 0.05) is 11.8 Å². The molecular formula is C20H19N5O2. The second-order valence-electron chi connectivity index (χ2n) is 6.05. The molecular weight excluding hydrogens is 342 g/mol. The third kappa shape index (κ3) is 3.52. The molecule has 27 heavy (non-hydrogen) atoms. The predicted molar refractivity (Wildman–Crippen MR) is 105 cm³/mol. The molecule has 0 bridgehead atoms. The molecule has 0 saturated heterocycles. The number of para-hydroxylation sites is 1. The van der Waals surface area contributed by atoms with Crippen LogP contribution in [0.15, 0.2) is 65.6 Å². The van der Waals surface area contributed by atoms with E-state index in [1.54, 1.807) is 4.68 Å². The zero-order valence-corrected chi connectivity index (χ0v) is 14.8. The van der Waals surface area contributed by atoms with Gasteiger partial charge in [-0.2, -0.15) is 10.1 Å². The summed E-state index contributed by atoms with van der Waals surface area (Å²) in [5, 5.41) is 7.88. The van der Waals surface area contributed by atoms with Gasteiger partial charge in [0.25, 0.3) is 5.56 Å². The number of anilines is 2. The zero-order valence-electron chi connectivity index (χ0n) is 14.8. The molecule has 0 radical (unpaired) electrons. The summed E-state index contributed by atoms with van der Waals surface area (Å²) in [6.07, 6.45) is 2.46. The van der Waals surface area contributed by atoms with Crippen molar-refractivity contribution in [1.29, 1.82) is 0 Å². The molecule has 2 aromatic carbocycles. The van der Waals surface area contributed by atoms with Gasteiger partial charge in [-0.3, -0.25) is 9.78 Å². The van der Waals surface area contributed by atoms with Crippen molar-refractivity contribution in [2.24, 2.45) is 0 Å². The third-order valence-corrected chi connectivity index (χ3v) is 4.01. The second-order valence-corrected chi connectivity index (χ2v) is 6.05. The number of hydrogen-bond donors (Lipinski definition) is 2. The molecule has 0 aliphatic heterocycles. The summed E-state index contributed by atoms with van der Waals surface area (Å²) in [4.78, 5) is 19.7. The SMILES string of the molecule is CCCOc1cccc(Nc2nc3c(cnn3-c3ccccc3)c(=O)[nH]2)c1. The molecule has 0 fully saturated rings. The zero-order chi connectivity index (χ0) is 18.6. The lowest BCUT2D eigenvalue weighted by Crippen LogP contribution is -2.11. The number of ether oxygens (including phenoxy) is 1. The fourth-order valence-corrected chi connectivity index (χ4v) is 2.76. The number of nitrogens with zero attached hydrogens (tertiary/aromatic N) is 3. The molecule has 4 rings (SSSR count). The van der Waals surface area contributed by atoms with Crippen molar-refractivity contribution in [2.45, 2.75) is 13.3 Å². The maximum Gasteiger partial charge on any atom is 0.263 e. The van der Waals surface area contributed by atoms with Crippen LogP contribution in [0, 0.1) is 0 Å². The van der Waals surface area contributed by atoms with Crippen molar-refractivity contribution in [3.05, 3.63) is 71.1 Å². The molecule has 2 aromatic heterocycles. The van der Waals surface area contributed by atoms with E-state index in [0.29, 0.717) is 23.6 Å². The van der Waals surface area contributed by atoms with Crippen molar-refractivity contribution in [3.63, 3.8) is 0 Å². The molecule has 0 aliphatic carbocycles. The van der Waals surface area contributed by atoms with Crippen LogP contribution in [0.2, 0.25) is 0 Å². The Kier molecular flexibility index (Phi) is 4.57. The van der Waals surface area contributed by atoms with E-state index in [9.17, 15) is 4.79 Å². The summed E-state index contributed by atoms with van der Waals surface area (Å²) < 4.78 is 7.29. The Morgan fingerprint density at radius 2 is 2.00 bits per heavy atom. The molecule has 0 unspecified atom stereocenters. The van der Waals surface area contributed by atoms with E-state index in [4.69, 9.17) is 4.74 Å². The number of aromatic nitrogens is 4. The van der Waals surface area contributed by atoms with Crippen molar-refractivity contribution < 1.29 is 4.74 Å². The normalized spacial score (nSPS) is 10.9. The topological polar surface area (TPSA) is 84.8 Å². The summed E-state index contributed by atoms with van der Waals surface area (Å²) in [5.41, 5.74) is 1.86. The minimum absolute atomic E-state index is 0.247. The van der Waals surface area contributed by atoms with Gasteiger partial charge in [0.15, 0.2) is 5.65 Å². The summed E-state index contributed by atoms with van der Waals surface area (Å²) in [6.45, 7) is 2.71. The quantitative estimate of drug-likeness (QED) is 0.548. The van der Waals surface area contributed by atoms with Gasteiger partial charge in [-0.15, -0.1) is 0 Å². The van der Waals surface area contributed by atoms with Crippen LogP contribution in [-0.4, -0.2) is 26.4 Å². The Morgan fingerprint density at radius 1 is 1.15 bits per heavy atom. The number of nitrogens with one attached hydrogen (secondary N) is 2. The molecule has 0 atom stereocenters. The van der Waals surface area contributed by atoms with Gasteiger partial charge in [0.1, 0.15) is 11.1 Å². The Labute approximate surface area is 155 Å². The Balaban J connectivity index is 1.70. The highest BCUT2D eigenvalue weighted by Crippen LogP contribution is 2.21. The van der Waals surface area contributed by atoms with Crippen molar-refractivity contribution in [2.75, 3.05) is 11.9 Å². The highest BCUT2D eigenvalue weighted by Gasteiger charge is 2.11. The molecule has 7 nitrogen and oxygen atoms in total. The first-order valence-corrected chi connectivity index (χ1v) is 8.78. The summed E-state index contributed by atoms with van der Waals surface area (Å²) >= 11 is 0. The number of H-pyrrole nitrogens is 1. The van der Waals surface area contributed by atoms with Crippen molar-refractivity contribution >= 4 is 22.7 Å². The van der Waals surface area contributed by atoms with Crippen LogP contribution in [0.25, 0.3) is 16.7 Å². The maximum atomic E-state index is 12.4. The second kappa shape index (κ2) is 7.33. The number of aromatic amines is 1. The van der Waals surface area contributed by atoms with E-state index in [0.717, 1.165) is 23.5 Å². The highest BCUT2D eigenvalue weighted by molar-refractivity contribution is 5.76. The third-order valence-electron chi connectivity index (χ3n) is 4.01. The molecule has 0 aliphatic rings. The van der Waals surface area contributed by atoms with Gasteiger partial charge in [0.05, 0.1) is 18.5 Å². The molecule has 4 aromatic rings. The minimum atomic E-state index is -0.247. The first-order valence-electron chi connectivity index (χ1n) is 8.78. The fourth-order valence-electron chi connectivity index (χ4n) is 2.76. The Bertz CT molecular complexity index is 1120. The lowest BCUT2D eigenvalue weighted by Gasteiger charge is -2.09. The van der Waals surface area contributed by atoms with E-state index >= 15 is 0 Å². The molecule has 2 heterocycles. The predicted octanol–water partition coefficient (Wildman–Crippen LogP) is 3.64. The minimum Gasteiger partial charge on any atom is -0.494 e. The molecule has 0 amide bonds. The van der Waals surface area contributed by atoms with Gasteiger partial charge in [-0.1, -0.05) is 31.2 Å². The van der Waals surface area contributed by atoms with Crippen LogP contribution in [0.4, 0.5) is 11.6 Å². The average Bonchev–Trinajstić information content (AvgIpc) is 3.12.